The third-order valence-electron chi connectivity index (χ3n) is 4.63. The van der Waals surface area contributed by atoms with Crippen molar-refractivity contribution in [2.45, 2.75) is 57.2 Å². The Morgan fingerprint density at radius 3 is 2.67 bits per heavy atom. The fourth-order valence-corrected chi connectivity index (χ4v) is 3.54. The summed E-state index contributed by atoms with van der Waals surface area (Å²) in [5.41, 5.74) is 0. The molecular formula is C13H22O2. The molecule has 2 saturated carbocycles. The number of fused-ring (bicyclic) bond motifs is 1. The van der Waals surface area contributed by atoms with Gasteiger partial charge in [-0.25, -0.2) is 0 Å². The van der Waals surface area contributed by atoms with Crippen molar-refractivity contribution in [3.63, 3.8) is 0 Å². The molecule has 0 amide bonds. The van der Waals surface area contributed by atoms with E-state index in [9.17, 15) is 5.11 Å². The Morgan fingerprint density at radius 1 is 1.20 bits per heavy atom. The van der Waals surface area contributed by atoms with Gasteiger partial charge in [0.05, 0.1) is 12.2 Å². The van der Waals surface area contributed by atoms with Crippen LogP contribution in [0.4, 0.5) is 0 Å². The molecule has 1 N–H and O–H groups in total. The summed E-state index contributed by atoms with van der Waals surface area (Å²) in [6, 6.07) is 0. The predicted octanol–water partition coefficient (Wildman–Crippen LogP) is 2.35. The molecule has 2 nitrogen and oxygen atoms in total. The van der Waals surface area contributed by atoms with Gasteiger partial charge in [0.15, 0.2) is 0 Å². The van der Waals surface area contributed by atoms with Gasteiger partial charge in [0.2, 0.25) is 0 Å². The van der Waals surface area contributed by atoms with Gasteiger partial charge in [-0.15, -0.1) is 0 Å². The van der Waals surface area contributed by atoms with Gasteiger partial charge in [-0.2, -0.15) is 0 Å². The van der Waals surface area contributed by atoms with E-state index < -0.39 is 0 Å². The van der Waals surface area contributed by atoms with E-state index in [-0.39, 0.29) is 6.10 Å². The number of ether oxygens (including phenoxy) is 1. The van der Waals surface area contributed by atoms with Crippen LogP contribution in [0.25, 0.3) is 0 Å². The van der Waals surface area contributed by atoms with Crippen LogP contribution in [0.2, 0.25) is 0 Å². The van der Waals surface area contributed by atoms with Gasteiger partial charge < -0.3 is 9.84 Å². The monoisotopic (exact) mass is 210 g/mol. The first-order valence-corrected chi connectivity index (χ1v) is 6.62. The summed E-state index contributed by atoms with van der Waals surface area (Å²) in [6.07, 6.45) is 8.94. The third kappa shape index (κ3) is 2.21. The largest absolute Gasteiger partial charge is 0.393 e. The van der Waals surface area contributed by atoms with Crippen LogP contribution in [0.15, 0.2) is 0 Å². The maximum absolute atomic E-state index is 10.1. The standard InChI is InChI=1S/C13H22O2/c14-13(4-3-12-2-1-5-15-12)11-7-9-6-10(9)8-11/h9-14H,1-8H2. The number of hydrogen-bond donors (Lipinski definition) is 1. The molecular weight excluding hydrogens is 188 g/mol. The maximum Gasteiger partial charge on any atom is 0.0577 e. The predicted molar refractivity (Wildman–Crippen MR) is 58.5 cm³/mol. The highest BCUT2D eigenvalue weighted by Crippen LogP contribution is 2.55. The van der Waals surface area contributed by atoms with Crippen LogP contribution in [-0.4, -0.2) is 23.9 Å². The van der Waals surface area contributed by atoms with E-state index in [4.69, 9.17) is 4.74 Å². The molecule has 0 spiro atoms. The van der Waals surface area contributed by atoms with Crippen molar-refractivity contribution >= 4 is 0 Å². The van der Waals surface area contributed by atoms with Gasteiger partial charge >= 0.3 is 0 Å². The zero-order chi connectivity index (χ0) is 10.3. The van der Waals surface area contributed by atoms with Gasteiger partial charge in [-0.05, 0) is 62.7 Å². The van der Waals surface area contributed by atoms with Crippen LogP contribution < -0.4 is 0 Å². The van der Waals surface area contributed by atoms with Gasteiger partial charge in [0.25, 0.3) is 0 Å². The summed E-state index contributed by atoms with van der Waals surface area (Å²) in [5.74, 6) is 2.61. The van der Waals surface area contributed by atoms with Gasteiger partial charge in [-0.3, -0.25) is 0 Å². The quantitative estimate of drug-likeness (QED) is 0.772. The molecule has 1 heterocycles. The van der Waals surface area contributed by atoms with E-state index in [2.05, 4.69) is 0 Å². The van der Waals surface area contributed by atoms with E-state index in [1.165, 1.54) is 32.1 Å². The average Bonchev–Trinajstić information content (AvgIpc) is 2.75. The lowest BCUT2D eigenvalue weighted by atomic mass is 9.92. The summed E-state index contributed by atoms with van der Waals surface area (Å²) >= 11 is 0. The molecule has 3 aliphatic rings. The van der Waals surface area contributed by atoms with Crippen LogP contribution in [0, 0.1) is 17.8 Å². The summed E-state index contributed by atoms with van der Waals surface area (Å²) in [4.78, 5) is 0. The first-order chi connectivity index (χ1) is 7.33. The number of hydrogen-bond acceptors (Lipinski definition) is 2. The maximum atomic E-state index is 10.1. The van der Waals surface area contributed by atoms with Gasteiger partial charge in [0, 0.05) is 6.61 Å². The topological polar surface area (TPSA) is 29.5 Å². The summed E-state index contributed by atoms with van der Waals surface area (Å²) in [5, 5.41) is 10.1. The van der Waals surface area contributed by atoms with Crippen LogP contribution in [0.1, 0.15) is 44.9 Å². The van der Waals surface area contributed by atoms with Crippen LogP contribution in [-0.2, 0) is 4.74 Å². The Balaban J connectivity index is 1.38. The van der Waals surface area contributed by atoms with Crippen molar-refractivity contribution < 1.29 is 9.84 Å². The molecule has 1 saturated heterocycles. The Morgan fingerprint density at radius 2 is 2.00 bits per heavy atom. The fourth-order valence-electron chi connectivity index (χ4n) is 3.54. The van der Waals surface area contributed by atoms with Gasteiger partial charge in [0.1, 0.15) is 0 Å². The van der Waals surface area contributed by atoms with Crippen molar-refractivity contribution in [2.24, 2.45) is 17.8 Å². The van der Waals surface area contributed by atoms with Crippen molar-refractivity contribution in [3.8, 4) is 0 Å². The minimum atomic E-state index is -0.0398. The smallest absolute Gasteiger partial charge is 0.0577 e. The fraction of sp³-hybridized carbons (Fsp3) is 1.00. The van der Waals surface area contributed by atoms with Crippen molar-refractivity contribution in [2.75, 3.05) is 6.61 Å². The third-order valence-corrected chi connectivity index (χ3v) is 4.63. The molecule has 0 aromatic rings. The number of aliphatic hydroxyl groups is 1. The number of aliphatic hydroxyl groups excluding tert-OH is 1. The Bertz CT molecular complexity index is 213. The molecule has 0 aromatic heterocycles. The van der Waals surface area contributed by atoms with Gasteiger partial charge in [-0.1, -0.05) is 0 Å². The minimum absolute atomic E-state index is 0.0398. The Labute approximate surface area is 92.0 Å². The molecule has 0 aromatic carbocycles. The molecule has 0 radical (unpaired) electrons. The summed E-state index contributed by atoms with van der Waals surface area (Å²) < 4.78 is 5.58. The second kappa shape index (κ2) is 4.06. The average molecular weight is 210 g/mol. The van der Waals surface area contributed by atoms with E-state index in [0.717, 1.165) is 31.3 Å². The van der Waals surface area contributed by atoms with Crippen molar-refractivity contribution in [3.05, 3.63) is 0 Å². The highest BCUT2D eigenvalue weighted by atomic mass is 16.5. The second-order valence-electron chi connectivity index (χ2n) is 5.77. The molecule has 86 valence electrons. The van der Waals surface area contributed by atoms with E-state index in [1.54, 1.807) is 0 Å². The Hall–Kier alpha value is -0.0800. The van der Waals surface area contributed by atoms with E-state index in [1.807, 2.05) is 0 Å². The van der Waals surface area contributed by atoms with E-state index >= 15 is 0 Å². The minimum Gasteiger partial charge on any atom is -0.393 e. The zero-order valence-electron chi connectivity index (χ0n) is 9.40. The lowest BCUT2D eigenvalue weighted by molar-refractivity contribution is 0.0571. The van der Waals surface area contributed by atoms with Crippen LogP contribution >= 0.6 is 0 Å². The molecule has 2 heteroatoms. The Kier molecular flexibility index (Phi) is 2.73. The van der Waals surface area contributed by atoms with Crippen molar-refractivity contribution in [1.82, 2.24) is 0 Å². The first kappa shape index (κ1) is 10.1. The molecule has 3 rings (SSSR count). The van der Waals surface area contributed by atoms with E-state index in [0.29, 0.717) is 12.0 Å². The molecule has 15 heavy (non-hydrogen) atoms. The SMILES string of the molecule is OC(CCC1CCCO1)C1CC2CC2C1. The zero-order valence-corrected chi connectivity index (χ0v) is 9.40. The molecule has 4 atom stereocenters. The molecule has 4 unspecified atom stereocenters. The van der Waals surface area contributed by atoms with Crippen molar-refractivity contribution in [1.29, 1.82) is 0 Å². The molecule has 3 fully saturated rings. The highest BCUT2D eigenvalue weighted by molar-refractivity contribution is 4.97. The first-order valence-electron chi connectivity index (χ1n) is 6.62. The van der Waals surface area contributed by atoms with Crippen LogP contribution in [0.3, 0.4) is 0 Å². The summed E-state index contributed by atoms with van der Waals surface area (Å²) in [7, 11) is 0. The molecule has 2 aliphatic carbocycles. The lowest BCUT2D eigenvalue weighted by Crippen LogP contribution is -2.21. The van der Waals surface area contributed by atoms with Crippen LogP contribution in [0.5, 0.6) is 0 Å². The second-order valence-corrected chi connectivity index (χ2v) is 5.77. The normalized spacial score (nSPS) is 45.4. The lowest BCUT2D eigenvalue weighted by Gasteiger charge is -2.20. The molecule has 1 aliphatic heterocycles. The number of rotatable bonds is 4. The molecule has 0 bridgehead atoms. The highest BCUT2D eigenvalue weighted by Gasteiger charge is 2.47. The summed E-state index contributed by atoms with van der Waals surface area (Å²) in [6.45, 7) is 0.939.